The van der Waals surface area contributed by atoms with Crippen molar-refractivity contribution in [1.82, 2.24) is 9.97 Å². The van der Waals surface area contributed by atoms with Gasteiger partial charge in [0.25, 0.3) is 0 Å². The number of morpholine rings is 1. The van der Waals surface area contributed by atoms with Gasteiger partial charge in [-0.1, -0.05) is 31.2 Å². The van der Waals surface area contributed by atoms with Crippen molar-refractivity contribution in [3.05, 3.63) is 41.6 Å². The standard InChI is InChI=1S/C18H24N4O.2ClH/c1-2-16-13-17(15-5-3-14(4-6-15)7-8-19)21-18(20-16)22-9-11-23-12-10-22;;/h3-6,13H,2,7-12,19H2,1H3;2*1H. The Labute approximate surface area is 161 Å². The molecule has 0 saturated carbocycles. The van der Waals surface area contributed by atoms with Gasteiger partial charge in [0.15, 0.2) is 0 Å². The normalized spacial score (nSPS) is 13.8. The first-order valence-corrected chi connectivity index (χ1v) is 8.30. The number of nitrogens with zero attached hydrogens (tertiary/aromatic N) is 3. The number of aryl methyl sites for hydroxylation is 1. The maximum absolute atomic E-state index is 5.61. The van der Waals surface area contributed by atoms with Crippen molar-refractivity contribution in [3.8, 4) is 11.3 Å². The predicted octanol–water partition coefficient (Wildman–Crippen LogP) is 2.89. The zero-order valence-corrected chi connectivity index (χ0v) is 16.1. The van der Waals surface area contributed by atoms with Crippen LogP contribution in [0.2, 0.25) is 0 Å². The van der Waals surface area contributed by atoms with Crippen molar-refractivity contribution in [2.45, 2.75) is 19.8 Å². The Kier molecular flexibility index (Phi) is 9.14. The molecule has 0 amide bonds. The van der Waals surface area contributed by atoms with Crippen molar-refractivity contribution in [1.29, 1.82) is 0 Å². The minimum Gasteiger partial charge on any atom is -0.378 e. The number of ether oxygens (including phenoxy) is 1. The van der Waals surface area contributed by atoms with Gasteiger partial charge in [0.05, 0.1) is 18.9 Å². The lowest BCUT2D eigenvalue weighted by Gasteiger charge is -2.27. The molecule has 1 aliphatic rings. The van der Waals surface area contributed by atoms with Crippen LogP contribution in [0, 0.1) is 0 Å². The topological polar surface area (TPSA) is 64.3 Å². The van der Waals surface area contributed by atoms with Gasteiger partial charge in [0.1, 0.15) is 0 Å². The van der Waals surface area contributed by atoms with E-state index in [-0.39, 0.29) is 24.8 Å². The van der Waals surface area contributed by atoms with Crippen LogP contribution in [0.25, 0.3) is 11.3 Å². The molecule has 1 saturated heterocycles. The molecule has 2 aromatic rings. The Bertz CT molecular complexity index is 646. The van der Waals surface area contributed by atoms with Crippen LogP contribution in [-0.4, -0.2) is 42.8 Å². The van der Waals surface area contributed by atoms with Gasteiger partial charge in [-0.3, -0.25) is 0 Å². The Morgan fingerprint density at radius 1 is 1.08 bits per heavy atom. The molecule has 0 radical (unpaired) electrons. The summed E-state index contributed by atoms with van der Waals surface area (Å²) in [6, 6.07) is 10.6. The van der Waals surface area contributed by atoms with Crippen molar-refractivity contribution in [2.75, 3.05) is 37.7 Å². The van der Waals surface area contributed by atoms with Crippen LogP contribution in [0.4, 0.5) is 5.95 Å². The molecule has 138 valence electrons. The third-order valence-corrected chi connectivity index (χ3v) is 4.11. The highest BCUT2D eigenvalue weighted by Crippen LogP contribution is 2.22. The van der Waals surface area contributed by atoms with E-state index < -0.39 is 0 Å². The van der Waals surface area contributed by atoms with Crippen molar-refractivity contribution < 1.29 is 4.74 Å². The van der Waals surface area contributed by atoms with Crippen molar-refractivity contribution >= 4 is 30.8 Å². The number of halogens is 2. The monoisotopic (exact) mass is 384 g/mol. The summed E-state index contributed by atoms with van der Waals surface area (Å²) in [6.45, 7) is 5.98. The van der Waals surface area contributed by atoms with Gasteiger partial charge in [0.2, 0.25) is 5.95 Å². The Morgan fingerprint density at radius 3 is 2.36 bits per heavy atom. The van der Waals surface area contributed by atoms with Crippen molar-refractivity contribution in [3.63, 3.8) is 0 Å². The molecule has 0 aliphatic carbocycles. The molecule has 0 unspecified atom stereocenters. The van der Waals surface area contributed by atoms with Gasteiger partial charge in [-0.05, 0) is 31.0 Å². The average Bonchev–Trinajstić information content (AvgIpc) is 2.63. The lowest BCUT2D eigenvalue weighted by atomic mass is 10.1. The molecule has 1 aromatic carbocycles. The molecule has 2 heterocycles. The van der Waals surface area contributed by atoms with Gasteiger partial charge in [-0.15, -0.1) is 24.8 Å². The van der Waals surface area contributed by atoms with Crippen LogP contribution in [0.5, 0.6) is 0 Å². The van der Waals surface area contributed by atoms with Crippen molar-refractivity contribution in [2.24, 2.45) is 5.73 Å². The highest BCUT2D eigenvalue weighted by atomic mass is 35.5. The SMILES string of the molecule is CCc1cc(-c2ccc(CCN)cc2)nc(N2CCOCC2)n1.Cl.Cl. The first-order valence-electron chi connectivity index (χ1n) is 8.30. The molecule has 25 heavy (non-hydrogen) atoms. The first kappa shape index (κ1) is 21.6. The number of anilines is 1. The lowest BCUT2D eigenvalue weighted by molar-refractivity contribution is 0.122. The second-order valence-electron chi connectivity index (χ2n) is 5.73. The summed E-state index contributed by atoms with van der Waals surface area (Å²) >= 11 is 0. The Hall–Kier alpha value is -1.40. The van der Waals surface area contributed by atoms with E-state index in [1.165, 1.54) is 5.56 Å². The Morgan fingerprint density at radius 2 is 1.76 bits per heavy atom. The summed E-state index contributed by atoms with van der Waals surface area (Å²) in [6.07, 6.45) is 1.81. The summed E-state index contributed by atoms with van der Waals surface area (Å²) in [5.41, 5.74) is 10.1. The third kappa shape index (κ3) is 5.54. The van der Waals surface area contributed by atoms with E-state index in [4.69, 9.17) is 20.4 Å². The molecule has 3 rings (SSSR count). The van der Waals surface area contributed by atoms with Crippen LogP contribution in [0.3, 0.4) is 0 Å². The second kappa shape index (κ2) is 10.6. The van der Waals surface area contributed by atoms with E-state index in [0.717, 1.165) is 62.0 Å². The number of hydrogen-bond acceptors (Lipinski definition) is 5. The van der Waals surface area contributed by atoms with E-state index in [1.807, 2.05) is 0 Å². The molecule has 1 fully saturated rings. The average molecular weight is 385 g/mol. The van der Waals surface area contributed by atoms with E-state index in [2.05, 4.69) is 42.2 Å². The number of rotatable bonds is 5. The maximum atomic E-state index is 5.61. The van der Waals surface area contributed by atoms with Crippen LogP contribution in [0.1, 0.15) is 18.2 Å². The van der Waals surface area contributed by atoms with Gasteiger partial charge in [0, 0.05) is 24.3 Å². The van der Waals surface area contributed by atoms with E-state index in [0.29, 0.717) is 6.54 Å². The molecule has 0 bridgehead atoms. The molecular weight excluding hydrogens is 359 g/mol. The second-order valence-corrected chi connectivity index (χ2v) is 5.73. The van der Waals surface area contributed by atoms with Crippen LogP contribution in [-0.2, 0) is 17.6 Å². The van der Waals surface area contributed by atoms with Gasteiger partial charge in [-0.2, -0.15) is 0 Å². The predicted molar refractivity (Wildman–Crippen MR) is 107 cm³/mol. The van der Waals surface area contributed by atoms with Gasteiger partial charge in [-0.25, -0.2) is 9.97 Å². The number of aromatic nitrogens is 2. The zero-order valence-electron chi connectivity index (χ0n) is 14.5. The fraction of sp³-hybridized carbons (Fsp3) is 0.444. The molecule has 0 spiro atoms. The summed E-state index contributed by atoms with van der Waals surface area (Å²) in [5.74, 6) is 0.814. The fourth-order valence-electron chi connectivity index (χ4n) is 2.73. The number of nitrogens with two attached hydrogens (primary N) is 1. The van der Waals surface area contributed by atoms with Gasteiger partial charge >= 0.3 is 0 Å². The highest BCUT2D eigenvalue weighted by Gasteiger charge is 2.16. The number of benzene rings is 1. The summed E-state index contributed by atoms with van der Waals surface area (Å²) < 4.78 is 5.42. The minimum absolute atomic E-state index is 0. The number of hydrogen-bond donors (Lipinski definition) is 1. The molecular formula is C18H26Cl2N4O. The fourth-order valence-corrected chi connectivity index (χ4v) is 2.73. The van der Waals surface area contributed by atoms with Crippen LogP contribution < -0.4 is 10.6 Å². The molecule has 5 nitrogen and oxygen atoms in total. The molecule has 7 heteroatoms. The summed E-state index contributed by atoms with van der Waals surface area (Å²) in [5, 5.41) is 0. The molecule has 1 aromatic heterocycles. The third-order valence-electron chi connectivity index (χ3n) is 4.11. The largest absolute Gasteiger partial charge is 0.378 e. The maximum Gasteiger partial charge on any atom is 0.226 e. The summed E-state index contributed by atoms with van der Waals surface area (Å²) in [7, 11) is 0. The quantitative estimate of drug-likeness (QED) is 0.858. The minimum atomic E-state index is 0. The summed E-state index contributed by atoms with van der Waals surface area (Å²) in [4.78, 5) is 11.7. The molecule has 2 N–H and O–H groups in total. The molecule has 0 atom stereocenters. The smallest absolute Gasteiger partial charge is 0.226 e. The van der Waals surface area contributed by atoms with Crippen LogP contribution in [0.15, 0.2) is 30.3 Å². The van der Waals surface area contributed by atoms with E-state index in [9.17, 15) is 0 Å². The van der Waals surface area contributed by atoms with E-state index in [1.54, 1.807) is 0 Å². The Balaban J connectivity index is 0.00000156. The zero-order chi connectivity index (χ0) is 16.1. The highest BCUT2D eigenvalue weighted by molar-refractivity contribution is 5.85. The first-order chi connectivity index (χ1) is 11.3. The van der Waals surface area contributed by atoms with Crippen LogP contribution >= 0.6 is 24.8 Å². The van der Waals surface area contributed by atoms with Gasteiger partial charge < -0.3 is 15.4 Å². The lowest BCUT2D eigenvalue weighted by Crippen LogP contribution is -2.37. The van der Waals surface area contributed by atoms with E-state index >= 15 is 0 Å². The molecule has 1 aliphatic heterocycles.